The maximum Gasteiger partial charge on any atom is 0.416 e. The van der Waals surface area contributed by atoms with Crippen LogP contribution in [0, 0.1) is 0 Å². The lowest BCUT2D eigenvalue weighted by Gasteiger charge is -2.38. The molecule has 0 saturated heterocycles. The Balaban J connectivity index is 2.01. The van der Waals surface area contributed by atoms with E-state index in [2.05, 4.69) is 0 Å². The van der Waals surface area contributed by atoms with Crippen LogP contribution in [0.3, 0.4) is 0 Å². The predicted molar refractivity (Wildman–Crippen MR) is 139 cm³/mol. The fourth-order valence-electron chi connectivity index (χ4n) is 4.81. The summed E-state index contributed by atoms with van der Waals surface area (Å²) in [6, 6.07) is 10.8. The molecule has 1 amide bonds. The van der Waals surface area contributed by atoms with Gasteiger partial charge in [0.1, 0.15) is 0 Å². The summed E-state index contributed by atoms with van der Waals surface area (Å²) in [6.45, 7) is 4.43. The molecule has 0 unspecified atom stereocenters. The van der Waals surface area contributed by atoms with Crippen LogP contribution in [0.25, 0.3) is 0 Å². The maximum absolute atomic E-state index is 13.7. The van der Waals surface area contributed by atoms with Gasteiger partial charge in [-0.3, -0.25) is 4.79 Å². The van der Waals surface area contributed by atoms with Gasteiger partial charge in [-0.05, 0) is 73.0 Å². The molecule has 39 heavy (non-hydrogen) atoms. The monoisotopic (exact) mass is 545 g/mol. The Bertz CT molecular complexity index is 1330. The van der Waals surface area contributed by atoms with E-state index in [0.29, 0.717) is 58.7 Å². The molecule has 0 bridgehead atoms. The first-order chi connectivity index (χ1) is 18.7. The highest BCUT2D eigenvalue weighted by Gasteiger charge is 2.38. The van der Waals surface area contributed by atoms with E-state index in [1.165, 1.54) is 38.4 Å². The van der Waals surface area contributed by atoms with Crippen LogP contribution in [0.15, 0.2) is 48.5 Å². The number of ether oxygens (including phenoxy) is 5. The van der Waals surface area contributed by atoms with Crippen molar-refractivity contribution in [2.75, 3.05) is 39.4 Å². The Morgan fingerprint density at radius 1 is 0.846 bits per heavy atom. The molecule has 3 aromatic carbocycles. The molecule has 1 atom stereocenters. The topological polar surface area (TPSA) is 66.5 Å². The number of carbonyl (C=O) groups excluding carboxylic acids is 1. The van der Waals surface area contributed by atoms with E-state index < -0.39 is 17.8 Å². The molecule has 1 heterocycles. The molecule has 10 heteroatoms. The average Bonchev–Trinajstić information content (AvgIpc) is 2.91. The third-order valence-corrected chi connectivity index (χ3v) is 6.42. The minimum Gasteiger partial charge on any atom is -0.493 e. The second kappa shape index (κ2) is 11.3. The summed E-state index contributed by atoms with van der Waals surface area (Å²) in [5.41, 5.74) is 1.14. The van der Waals surface area contributed by atoms with Crippen LogP contribution in [0.2, 0.25) is 0 Å². The highest BCUT2D eigenvalue weighted by molar-refractivity contribution is 5.98. The average molecular weight is 546 g/mol. The fraction of sp³-hybridized carbons (Fsp3) is 0.345. The van der Waals surface area contributed by atoms with Gasteiger partial charge in [0.25, 0.3) is 0 Å². The van der Waals surface area contributed by atoms with Crippen molar-refractivity contribution >= 4 is 11.6 Å². The van der Waals surface area contributed by atoms with Crippen molar-refractivity contribution in [1.29, 1.82) is 0 Å². The Kier molecular flexibility index (Phi) is 8.13. The maximum atomic E-state index is 13.7. The summed E-state index contributed by atoms with van der Waals surface area (Å²) in [5.74, 6) is 1.60. The summed E-state index contributed by atoms with van der Waals surface area (Å²) in [7, 11) is 4.40. The Morgan fingerprint density at radius 3 is 2.00 bits per heavy atom. The number of methoxy groups -OCH3 is 3. The largest absolute Gasteiger partial charge is 0.493 e. The highest BCUT2D eigenvalue weighted by atomic mass is 19.4. The zero-order valence-electron chi connectivity index (χ0n) is 22.3. The highest BCUT2D eigenvalue weighted by Crippen LogP contribution is 2.48. The normalized spacial score (nSPS) is 15.0. The van der Waals surface area contributed by atoms with Crippen LogP contribution in [0.5, 0.6) is 28.7 Å². The second-order valence-corrected chi connectivity index (χ2v) is 8.71. The number of anilines is 1. The van der Waals surface area contributed by atoms with E-state index in [9.17, 15) is 18.0 Å². The third-order valence-electron chi connectivity index (χ3n) is 6.42. The van der Waals surface area contributed by atoms with Gasteiger partial charge in [0, 0.05) is 5.69 Å². The molecule has 3 aromatic rings. The van der Waals surface area contributed by atoms with Gasteiger partial charge in [-0.1, -0.05) is 6.07 Å². The number of fused-ring (bicyclic) bond motifs is 1. The van der Waals surface area contributed by atoms with Crippen molar-refractivity contribution < 1.29 is 41.7 Å². The number of nitrogens with zero attached hydrogens (tertiary/aromatic N) is 1. The van der Waals surface area contributed by atoms with Gasteiger partial charge in [0.2, 0.25) is 11.7 Å². The molecular formula is C29H30F3NO6. The van der Waals surface area contributed by atoms with E-state index in [4.69, 9.17) is 23.7 Å². The van der Waals surface area contributed by atoms with Gasteiger partial charge in [0.05, 0.1) is 52.6 Å². The molecule has 0 aromatic heterocycles. The lowest BCUT2D eigenvalue weighted by Crippen LogP contribution is -2.41. The van der Waals surface area contributed by atoms with E-state index in [-0.39, 0.29) is 18.0 Å². The number of hydrogen-bond acceptors (Lipinski definition) is 6. The quantitative estimate of drug-likeness (QED) is 0.319. The third kappa shape index (κ3) is 5.41. The molecule has 4 rings (SSSR count). The zero-order chi connectivity index (χ0) is 28.3. The summed E-state index contributed by atoms with van der Waals surface area (Å²) >= 11 is 0. The summed E-state index contributed by atoms with van der Waals surface area (Å²) in [6.07, 6.45) is -4.62. The molecule has 0 saturated carbocycles. The Hall–Kier alpha value is -4.08. The molecule has 1 aliphatic heterocycles. The fourth-order valence-corrected chi connectivity index (χ4v) is 4.81. The first-order valence-electron chi connectivity index (χ1n) is 12.4. The van der Waals surface area contributed by atoms with E-state index in [1.807, 2.05) is 13.8 Å². The van der Waals surface area contributed by atoms with Crippen molar-refractivity contribution in [3.05, 3.63) is 70.8 Å². The van der Waals surface area contributed by atoms with Gasteiger partial charge in [-0.25, -0.2) is 0 Å². The molecule has 208 valence electrons. The van der Waals surface area contributed by atoms with Crippen molar-refractivity contribution in [2.45, 2.75) is 32.5 Å². The molecule has 0 fully saturated rings. The van der Waals surface area contributed by atoms with Crippen molar-refractivity contribution in [3.63, 3.8) is 0 Å². The predicted octanol–water partition coefficient (Wildman–Crippen LogP) is 6.21. The molecule has 7 nitrogen and oxygen atoms in total. The van der Waals surface area contributed by atoms with E-state index in [1.54, 1.807) is 24.3 Å². The second-order valence-electron chi connectivity index (χ2n) is 8.71. The van der Waals surface area contributed by atoms with Crippen LogP contribution >= 0.6 is 0 Å². The van der Waals surface area contributed by atoms with Crippen LogP contribution in [0.1, 0.15) is 42.1 Å². The van der Waals surface area contributed by atoms with Crippen LogP contribution in [-0.4, -0.2) is 40.5 Å². The summed E-state index contributed by atoms with van der Waals surface area (Å²) in [4.78, 5) is 15.1. The number of halogens is 3. The standard InChI is InChI=1S/C29H30F3NO6/c1-6-38-22-11-17-14-26(34)33(20-10-8-9-19(15-20)29(30,31)32)27(21(17)16-23(22)39-7-2)18-12-24(35-3)28(37-5)25(13-18)36-4/h8-13,15-16,27H,6-7,14H2,1-5H3/t27-/m1/s1. The summed E-state index contributed by atoms with van der Waals surface area (Å²) < 4.78 is 69.1. The zero-order valence-corrected chi connectivity index (χ0v) is 22.3. The molecule has 0 N–H and O–H groups in total. The number of benzene rings is 3. The number of alkyl halides is 3. The first kappa shape index (κ1) is 27.9. The van der Waals surface area contributed by atoms with Crippen molar-refractivity contribution in [2.24, 2.45) is 0 Å². The van der Waals surface area contributed by atoms with Gasteiger partial charge in [0.15, 0.2) is 23.0 Å². The smallest absolute Gasteiger partial charge is 0.416 e. The Morgan fingerprint density at radius 2 is 1.46 bits per heavy atom. The van der Waals surface area contributed by atoms with Crippen LogP contribution < -0.4 is 28.6 Å². The number of carbonyl (C=O) groups is 1. The van der Waals surface area contributed by atoms with Crippen LogP contribution in [0.4, 0.5) is 18.9 Å². The number of rotatable bonds is 9. The van der Waals surface area contributed by atoms with Crippen LogP contribution in [-0.2, 0) is 17.4 Å². The van der Waals surface area contributed by atoms with Gasteiger partial charge >= 0.3 is 6.18 Å². The summed E-state index contributed by atoms with van der Waals surface area (Å²) in [5, 5.41) is 0. The molecule has 0 aliphatic carbocycles. The molecule has 0 spiro atoms. The Labute approximate surface area is 225 Å². The van der Waals surface area contributed by atoms with E-state index >= 15 is 0 Å². The lowest BCUT2D eigenvalue weighted by molar-refractivity contribution is -0.137. The minimum atomic E-state index is -4.58. The SMILES string of the molecule is CCOc1cc2c(cc1OCC)[C@@H](c1cc(OC)c(OC)c(OC)c1)N(c1cccc(C(F)(F)F)c1)C(=O)C2. The molecule has 0 radical (unpaired) electrons. The minimum absolute atomic E-state index is 0.0427. The van der Waals surface area contributed by atoms with Gasteiger partial charge in [-0.15, -0.1) is 0 Å². The molecular weight excluding hydrogens is 515 g/mol. The first-order valence-corrected chi connectivity index (χ1v) is 12.4. The van der Waals surface area contributed by atoms with Gasteiger partial charge < -0.3 is 28.6 Å². The number of amides is 1. The lowest BCUT2D eigenvalue weighted by atomic mass is 9.86. The van der Waals surface area contributed by atoms with E-state index in [0.717, 1.165) is 12.1 Å². The number of hydrogen-bond donors (Lipinski definition) is 0. The van der Waals surface area contributed by atoms with Gasteiger partial charge in [-0.2, -0.15) is 13.2 Å². The van der Waals surface area contributed by atoms with Crippen molar-refractivity contribution in [1.82, 2.24) is 0 Å². The molecule has 1 aliphatic rings. The van der Waals surface area contributed by atoms with Crippen molar-refractivity contribution in [3.8, 4) is 28.7 Å².